The zero-order chi connectivity index (χ0) is 31.4. The van der Waals surface area contributed by atoms with Crippen molar-refractivity contribution in [2.24, 2.45) is 0 Å². The maximum absolute atomic E-state index is 12.6. The second kappa shape index (κ2) is 13.4. The lowest BCUT2D eigenvalue weighted by atomic mass is 9.94. The van der Waals surface area contributed by atoms with E-state index in [4.69, 9.17) is 19.7 Å². The third kappa shape index (κ3) is 6.98. The molecule has 0 aliphatic heterocycles. The SMILES string of the molecule is COc1cc2cc(C(=O)CCC(=O)O)sc2cc1Cc1ccccc1Cc1cc2sc(C(=O)CCC(=O)O)cc2cc1OC. The number of thiophene rings is 2. The Balaban J connectivity index is 1.43. The molecular weight excluding hydrogens is 601 g/mol. The number of Topliss-reactive ketones (excluding diaryl/α,β-unsaturated/α-hetero) is 2. The van der Waals surface area contributed by atoms with Crippen LogP contribution >= 0.6 is 22.7 Å². The van der Waals surface area contributed by atoms with E-state index in [-0.39, 0.29) is 37.2 Å². The first-order valence-electron chi connectivity index (χ1n) is 13.9. The van der Waals surface area contributed by atoms with Gasteiger partial charge in [0.2, 0.25) is 0 Å². The number of carbonyl (C=O) groups is 4. The van der Waals surface area contributed by atoms with Crippen molar-refractivity contribution in [1.29, 1.82) is 0 Å². The van der Waals surface area contributed by atoms with Gasteiger partial charge in [-0.3, -0.25) is 19.2 Å². The first-order chi connectivity index (χ1) is 21.1. The lowest BCUT2D eigenvalue weighted by Gasteiger charge is -2.14. The van der Waals surface area contributed by atoms with Gasteiger partial charge < -0.3 is 19.7 Å². The predicted molar refractivity (Wildman–Crippen MR) is 171 cm³/mol. The van der Waals surface area contributed by atoms with Gasteiger partial charge in [-0.1, -0.05) is 24.3 Å². The van der Waals surface area contributed by atoms with Crippen molar-refractivity contribution in [3.8, 4) is 11.5 Å². The molecule has 2 N–H and O–H groups in total. The average Bonchev–Trinajstić information content (AvgIpc) is 3.62. The lowest BCUT2D eigenvalue weighted by molar-refractivity contribution is -0.137. The number of fused-ring (bicyclic) bond motifs is 2. The van der Waals surface area contributed by atoms with E-state index in [1.165, 1.54) is 22.7 Å². The number of hydrogen-bond donors (Lipinski definition) is 2. The summed E-state index contributed by atoms with van der Waals surface area (Å²) in [6.07, 6.45) is 0.692. The largest absolute Gasteiger partial charge is 0.496 e. The molecule has 0 saturated carbocycles. The van der Waals surface area contributed by atoms with Crippen LogP contribution in [0.5, 0.6) is 11.5 Å². The average molecular weight is 631 g/mol. The number of benzene rings is 3. The van der Waals surface area contributed by atoms with Gasteiger partial charge in [0.25, 0.3) is 0 Å². The third-order valence-electron chi connectivity index (χ3n) is 7.40. The highest BCUT2D eigenvalue weighted by Gasteiger charge is 2.18. The summed E-state index contributed by atoms with van der Waals surface area (Å²) in [5, 5.41) is 19.6. The summed E-state index contributed by atoms with van der Waals surface area (Å²) in [7, 11) is 3.23. The van der Waals surface area contributed by atoms with Crippen LogP contribution in [-0.4, -0.2) is 47.9 Å². The van der Waals surface area contributed by atoms with Gasteiger partial charge in [0.05, 0.1) is 36.8 Å². The van der Waals surface area contributed by atoms with Crippen LogP contribution < -0.4 is 9.47 Å². The molecule has 5 rings (SSSR count). The maximum Gasteiger partial charge on any atom is 0.303 e. The second-order valence-electron chi connectivity index (χ2n) is 10.4. The van der Waals surface area contributed by atoms with Crippen molar-refractivity contribution in [3.63, 3.8) is 0 Å². The molecule has 0 radical (unpaired) electrons. The van der Waals surface area contributed by atoms with Crippen LogP contribution in [0.25, 0.3) is 20.2 Å². The molecule has 0 aliphatic carbocycles. The summed E-state index contributed by atoms with van der Waals surface area (Å²) in [6.45, 7) is 0. The van der Waals surface area contributed by atoms with E-state index in [0.29, 0.717) is 34.1 Å². The van der Waals surface area contributed by atoms with Gasteiger partial charge in [0.15, 0.2) is 11.6 Å². The number of hydrogen-bond acceptors (Lipinski definition) is 8. The molecular formula is C34H30O8S2. The molecule has 0 bridgehead atoms. The Labute approximate surface area is 261 Å². The fourth-order valence-corrected chi connectivity index (χ4v) is 7.30. The fraction of sp³-hybridized carbons (Fsp3) is 0.235. The number of ether oxygens (including phenoxy) is 2. The molecule has 10 heteroatoms. The number of carboxylic acids is 2. The number of methoxy groups -OCH3 is 2. The zero-order valence-electron chi connectivity index (χ0n) is 24.2. The first-order valence-corrected chi connectivity index (χ1v) is 15.6. The molecule has 0 amide bonds. The molecule has 0 saturated heterocycles. The molecule has 3 aromatic carbocycles. The normalized spacial score (nSPS) is 11.1. The standard InChI is InChI=1S/C34H30O8S2/c1-41-27-13-23-17-31(25(35)7-9-33(37)38)43-29(23)15-21(27)11-19-5-3-4-6-20(19)12-22-16-30-24(14-28(22)42-2)18-32(44-30)26(36)8-10-34(39)40/h3-6,13-18H,7-12H2,1-2H3,(H,37,38)(H,39,40). The van der Waals surface area contributed by atoms with Crippen molar-refractivity contribution in [1.82, 2.24) is 0 Å². The van der Waals surface area contributed by atoms with Crippen LogP contribution in [-0.2, 0) is 22.4 Å². The number of aliphatic carboxylic acids is 2. The number of ketones is 2. The summed E-state index contributed by atoms with van der Waals surface area (Å²) < 4.78 is 13.3. The monoisotopic (exact) mass is 630 g/mol. The molecule has 226 valence electrons. The topological polar surface area (TPSA) is 127 Å². The molecule has 5 aromatic rings. The van der Waals surface area contributed by atoms with Gasteiger partial charge in [-0.05, 0) is 69.4 Å². The Morgan fingerprint density at radius 1 is 0.591 bits per heavy atom. The van der Waals surface area contributed by atoms with Crippen LogP contribution in [0.3, 0.4) is 0 Å². The second-order valence-corrected chi connectivity index (χ2v) is 12.5. The minimum Gasteiger partial charge on any atom is -0.496 e. The Morgan fingerprint density at radius 3 is 1.36 bits per heavy atom. The van der Waals surface area contributed by atoms with E-state index < -0.39 is 11.9 Å². The quantitative estimate of drug-likeness (QED) is 0.121. The van der Waals surface area contributed by atoms with E-state index >= 15 is 0 Å². The highest BCUT2D eigenvalue weighted by atomic mass is 32.1. The molecule has 0 unspecified atom stereocenters. The maximum atomic E-state index is 12.6. The Kier molecular flexibility index (Phi) is 9.41. The van der Waals surface area contributed by atoms with Crippen molar-refractivity contribution in [3.05, 3.63) is 92.7 Å². The molecule has 0 aliphatic rings. The van der Waals surface area contributed by atoms with Gasteiger partial charge in [-0.15, -0.1) is 22.7 Å². The third-order valence-corrected chi connectivity index (χ3v) is 9.68. The summed E-state index contributed by atoms with van der Waals surface area (Å²) >= 11 is 2.71. The molecule has 8 nitrogen and oxygen atoms in total. The lowest BCUT2D eigenvalue weighted by Crippen LogP contribution is -2.01. The summed E-state index contributed by atoms with van der Waals surface area (Å²) in [6, 6.07) is 19.6. The summed E-state index contributed by atoms with van der Waals surface area (Å²) in [5.41, 5.74) is 4.11. The molecule has 0 atom stereocenters. The van der Waals surface area contributed by atoms with Gasteiger partial charge in [0, 0.05) is 35.1 Å². The van der Waals surface area contributed by atoms with Crippen LogP contribution in [0.15, 0.2) is 60.7 Å². The first kappa shape index (κ1) is 30.9. The Hall–Kier alpha value is -4.54. The van der Waals surface area contributed by atoms with Crippen molar-refractivity contribution in [2.45, 2.75) is 38.5 Å². The minimum absolute atomic E-state index is 0.0391. The van der Waals surface area contributed by atoms with E-state index in [9.17, 15) is 19.2 Å². The smallest absolute Gasteiger partial charge is 0.303 e. The van der Waals surface area contributed by atoms with E-state index in [1.807, 2.05) is 36.4 Å². The van der Waals surface area contributed by atoms with Gasteiger partial charge in [-0.25, -0.2) is 0 Å². The molecule has 44 heavy (non-hydrogen) atoms. The van der Waals surface area contributed by atoms with Crippen LogP contribution in [0.2, 0.25) is 0 Å². The highest BCUT2D eigenvalue weighted by Crippen LogP contribution is 2.36. The van der Waals surface area contributed by atoms with E-state index in [0.717, 1.165) is 42.4 Å². The molecule has 0 fully saturated rings. The number of carbonyl (C=O) groups excluding carboxylic acids is 2. The number of carboxylic acid groups (broad SMARTS) is 2. The summed E-state index contributed by atoms with van der Waals surface area (Å²) in [4.78, 5) is 48.0. The molecule has 2 aromatic heterocycles. The van der Waals surface area contributed by atoms with Crippen LogP contribution in [0.1, 0.15) is 67.3 Å². The Morgan fingerprint density at radius 2 is 1.00 bits per heavy atom. The van der Waals surface area contributed by atoms with E-state index in [1.54, 1.807) is 26.4 Å². The minimum atomic E-state index is -0.997. The highest BCUT2D eigenvalue weighted by molar-refractivity contribution is 7.21. The molecule has 2 heterocycles. The van der Waals surface area contributed by atoms with Crippen LogP contribution in [0.4, 0.5) is 0 Å². The molecule has 0 spiro atoms. The summed E-state index contributed by atoms with van der Waals surface area (Å²) in [5.74, 6) is -0.967. The number of rotatable bonds is 14. The van der Waals surface area contributed by atoms with E-state index in [2.05, 4.69) is 12.1 Å². The van der Waals surface area contributed by atoms with Crippen LogP contribution in [0, 0.1) is 0 Å². The zero-order valence-corrected chi connectivity index (χ0v) is 25.8. The van der Waals surface area contributed by atoms with Crippen molar-refractivity contribution in [2.75, 3.05) is 14.2 Å². The van der Waals surface area contributed by atoms with Crippen molar-refractivity contribution < 1.29 is 38.9 Å². The van der Waals surface area contributed by atoms with Gasteiger partial charge in [0.1, 0.15) is 11.5 Å². The fourth-order valence-electron chi connectivity index (χ4n) is 5.15. The van der Waals surface area contributed by atoms with Gasteiger partial charge in [-0.2, -0.15) is 0 Å². The Bertz CT molecular complexity index is 1760. The van der Waals surface area contributed by atoms with Crippen molar-refractivity contribution >= 4 is 66.4 Å². The predicted octanol–water partition coefficient (Wildman–Crippen LogP) is 7.41. The van der Waals surface area contributed by atoms with Gasteiger partial charge >= 0.3 is 11.9 Å².